The van der Waals surface area contributed by atoms with Gasteiger partial charge < -0.3 is 9.26 Å². The molecule has 1 aromatic heterocycles. The molecule has 0 spiro atoms. The SMILES string of the molecule is C[C@@H](CS(=O)(=O)CCc1cc(N2CC(=O)NC2=O)on1)c1ccc(F)c(OCC2CC2)c1. The van der Waals surface area contributed by atoms with Crippen LogP contribution in [0.15, 0.2) is 28.8 Å². The standard InChI is InChI=1S/C21H24FN3O6S/c1-13(15-4-5-17(22)18(8-15)30-11-14-2-3-14)12-32(28,29)7-6-16-9-20(31-24-16)25-10-19(26)23-21(25)27/h4-5,8-9,13-14H,2-3,6-7,10-12H2,1H3,(H,23,26,27)/t13-/m0/s1. The van der Waals surface area contributed by atoms with Gasteiger partial charge in [-0.2, -0.15) is 0 Å². The lowest BCUT2D eigenvalue weighted by atomic mass is 10.0. The average molecular weight is 466 g/mol. The Hall–Kier alpha value is -2.95. The van der Waals surface area contributed by atoms with Gasteiger partial charge in [0.1, 0.15) is 6.54 Å². The van der Waals surface area contributed by atoms with Crippen LogP contribution < -0.4 is 15.0 Å². The zero-order valence-electron chi connectivity index (χ0n) is 17.5. The highest BCUT2D eigenvalue weighted by molar-refractivity contribution is 7.91. The second-order valence-electron chi connectivity index (χ2n) is 8.31. The van der Waals surface area contributed by atoms with E-state index in [-0.39, 0.29) is 42.0 Å². The predicted octanol–water partition coefficient (Wildman–Crippen LogP) is 2.42. The molecule has 0 radical (unpaired) electrons. The molecular weight excluding hydrogens is 441 g/mol. The highest BCUT2D eigenvalue weighted by atomic mass is 32.2. The first-order valence-electron chi connectivity index (χ1n) is 10.4. The number of anilines is 1. The Morgan fingerprint density at radius 1 is 1.31 bits per heavy atom. The summed E-state index contributed by atoms with van der Waals surface area (Å²) >= 11 is 0. The van der Waals surface area contributed by atoms with E-state index in [0.29, 0.717) is 23.8 Å². The van der Waals surface area contributed by atoms with Crippen molar-refractivity contribution in [1.82, 2.24) is 10.5 Å². The Bertz CT molecular complexity index is 1130. The summed E-state index contributed by atoms with van der Waals surface area (Å²) in [5.74, 6) is -0.831. The second kappa shape index (κ2) is 8.89. The monoisotopic (exact) mass is 465 g/mol. The Labute approximate surface area is 184 Å². The van der Waals surface area contributed by atoms with Crippen LogP contribution in [-0.2, 0) is 21.1 Å². The number of urea groups is 1. The van der Waals surface area contributed by atoms with E-state index in [0.717, 1.165) is 17.7 Å². The molecule has 2 aliphatic rings. The van der Waals surface area contributed by atoms with E-state index in [4.69, 9.17) is 9.26 Å². The van der Waals surface area contributed by atoms with Crippen LogP contribution in [0.1, 0.15) is 36.9 Å². The van der Waals surface area contributed by atoms with Crippen molar-refractivity contribution in [2.75, 3.05) is 29.6 Å². The predicted molar refractivity (Wildman–Crippen MR) is 113 cm³/mol. The maximum Gasteiger partial charge on any atom is 0.331 e. The van der Waals surface area contributed by atoms with Gasteiger partial charge in [-0.15, -0.1) is 0 Å². The number of rotatable bonds is 10. The van der Waals surface area contributed by atoms with Crippen LogP contribution in [0.2, 0.25) is 0 Å². The average Bonchev–Trinajstić information content (AvgIpc) is 3.33. The minimum atomic E-state index is -3.46. The first-order valence-corrected chi connectivity index (χ1v) is 12.2. The maximum absolute atomic E-state index is 14.0. The molecule has 0 bridgehead atoms. The van der Waals surface area contributed by atoms with Gasteiger partial charge in [0.15, 0.2) is 21.4 Å². The molecule has 1 N–H and O–H groups in total. The number of hydrogen-bond acceptors (Lipinski definition) is 7. The van der Waals surface area contributed by atoms with Crippen molar-refractivity contribution in [3.8, 4) is 5.75 Å². The van der Waals surface area contributed by atoms with Crippen molar-refractivity contribution < 1.29 is 31.7 Å². The van der Waals surface area contributed by atoms with Gasteiger partial charge >= 0.3 is 6.03 Å². The topological polar surface area (TPSA) is 119 Å². The van der Waals surface area contributed by atoms with Crippen LogP contribution in [-0.4, -0.2) is 50.2 Å². The van der Waals surface area contributed by atoms with Crippen LogP contribution in [0.4, 0.5) is 15.1 Å². The van der Waals surface area contributed by atoms with Crippen molar-refractivity contribution in [2.24, 2.45) is 5.92 Å². The fourth-order valence-corrected chi connectivity index (χ4v) is 5.06. The van der Waals surface area contributed by atoms with Crippen LogP contribution in [0.25, 0.3) is 0 Å². The minimum Gasteiger partial charge on any atom is -0.490 e. The summed E-state index contributed by atoms with van der Waals surface area (Å²) in [6, 6.07) is 5.28. The molecule has 1 aromatic carbocycles. The lowest BCUT2D eigenvalue weighted by Crippen LogP contribution is -2.27. The van der Waals surface area contributed by atoms with Crippen molar-refractivity contribution in [1.29, 1.82) is 0 Å². The number of sulfone groups is 1. The number of benzene rings is 1. The molecule has 1 saturated carbocycles. The number of nitrogens with zero attached hydrogens (tertiary/aromatic N) is 2. The smallest absolute Gasteiger partial charge is 0.331 e. The van der Waals surface area contributed by atoms with E-state index in [1.54, 1.807) is 19.1 Å². The maximum atomic E-state index is 14.0. The highest BCUT2D eigenvalue weighted by Gasteiger charge is 2.31. The number of aromatic nitrogens is 1. The van der Waals surface area contributed by atoms with Crippen LogP contribution in [0.3, 0.4) is 0 Å². The molecule has 1 aliphatic heterocycles. The van der Waals surface area contributed by atoms with Crippen LogP contribution in [0, 0.1) is 11.7 Å². The molecule has 0 unspecified atom stereocenters. The summed E-state index contributed by atoms with van der Waals surface area (Å²) in [6.07, 6.45) is 2.28. The van der Waals surface area contributed by atoms with Crippen LogP contribution >= 0.6 is 0 Å². The highest BCUT2D eigenvalue weighted by Crippen LogP contribution is 2.31. The van der Waals surface area contributed by atoms with Gasteiger partial charge in [0.25, 0.3) is 0 Å². The zero-order chi connectivity index (χ0) is 22.9. The van der Waals surface area contributed by atoms with E-state index >= 15 is 0 Å². The molecule has 172 valence electrons. The van der Waals surface area contributed by atoms with Gasteiger partial charge in [0.05, 0.1) is 23.8 Å². The molecule has 1 aliphatic carbocycles. The third-order valence-electron chi connectivity index (χ3n) is 5.47. The summed E-state index contributed by atoms with van der Waals surface area (Å²) in [7, 11) is -3.46. The third kappa shape index (κ3) is 5.45. The second-order valence-corrected chi connectivity index (χ2v) is 10.5. The van der Waals surface area contributed by atoms with Crippen LogP contribution in [0.5, 0.6) is 5.75 Å². The molecular formula is C21H24FN3O6S. The Kier molecular flexibility index (Phi) is 6.18. The minimum absolute atomic E-state index is 0.0826. The Morgan fingerprint density at radius 2 is 2.09 bits per heavy atom. The van der Waals surface area contributed by atoms with Crippen molar-refractivity contribution in [2.45, 2.75) is 32.1 Å². The van der Waals surface area contributed by atoms with Gasteiger partial charge in [-0.05, 0) is 42.4 Å². The number of imide groups is 1. The van der Waals surface area contributed by atoms with Gasteiger partial charge in [-0.1, -0.05) is 18.1 Å². The number of nitrogens with one attached hydrogen (secondary N) is 1. The lowest BCUT2D eigenvalue weighted by molar-refractivity contribution is -0.117. The third-order valence-corrected chi connectivity index (χ3v) is 7.31. The quantitative estimate of drug-likeness (QED) is 0.535. The zero-order valence-corrected chi connectivity index (χ0v) is 18.4. The largest absolute Gasteiger partial charge is 0.490 e. The molecule has 1 saturated heterocycles. The fraction of sp³-hybridized carbons (Fsp3) is 0.476. The van der Waals surface area contributed by atoms with E-state index in [1.165, 1.54) is 12.1 Å². The summed E-state index contributed by atoms with van der Waals surface area (Å²) in [5.41, 5.74) is 1.05. The molecule has 11 heteroatoms. The number of carbonyl (C=O) groups excluding carboxylic acids is 2. The number of hydrogen-bond donors (Lipinski definition) is 1. The molecule has 1 atom stereocenters. The first kappa shape index (κ1) is 22.3. The number of carbonyl (C=O) groups is 2. The fourth-order valence-electron chi connectivity index (χ4n) is 3.42. The molecule has 3 amide bonds. The van der Waals surface area contributed by atoms with E-state index in [9.17, 15) is 22.4 Å². The van der Waals surface area contributed by atoms with E-state index in [2.05, 4.69) is 10.5 Å². The summed E-state index contributed by atoms with van der Waals surface area (Å²) < 4.78 is 49.9. The number of aryl methyl sites for hydroxylation is 1. The first-order chi connectivity index (χ1) is 15.2. The van der Waals surface area contributed by atoms with E-state index < -0.39 is 27.6 Å². The van der Waals surface area contributed by atoms with E-state index in [1.807, 2.05) is 0 Å². The number of amides is 3. The van der Waals surface area contributed by atoms with Crippen molar-refractivity contribution in [3.05, 3.63) is 41.3 Å². The molecule has 2 aromatic rings. The lowest BCUT2D eigenvalue weighted by Gasteiger charge is -2.14. The van der Waals surface area contributed by atoms with Gasteiger partial charge in [-0.3, -0.25) is 15.0 Å². The van der Waals surface area contributed by atoms with Crippen molar-refractivity contribution >= 4 is 27.7 Å². The molecule has 4 rings (SSSR count). The summed E-state index contributed by atoms with van der Waals surface area (Å²) in [5, 5.41) is 5.91. The summed E-state index contributed by atoms with van der Waals surface area (Å²) in [4.78, 5) is 24.0. The Balaban J connectivity index is 1.33. The molecule has 9 nitrogen and oxygen atoms in total. The molecule has 2 heterocycles. The summed E-state index contributed by atoms with van der Waals surface area (Å²) in [6.45, 7) is 2.07. The van der Waals surface area contributed by atoms with Gasteiger partial charge in [0.2, 0.25) is 11.8 Å². The Morgan fingerprint density at radius 3 is 2.78 bits per heavy atom. The number of ether oxygens (including phenoxy) is 1. The normalized spacial score (nSPS) is 17.5. The molecule has 32 heavy (non-hydrogen) atoms. The number of halogens is 1. The molecule has 2 fully saturated rings. The van der Waals surface area contributed by atoms with Gasteiger partial charge in [-0.25, -0.2) is 17.6 Å². The van der Waals surface area contributed by atoms with Crippen molar-refractivity contribution in [3.63, 3.8) is 0 Å². The van der Waals surface area contributed by atoms with Gasteiger partial charge in [0, 0.05) is 12.5 Å².